The molecule has 0 atom stereocenters. The lowest BCUT2D eigenvalue weighted by atomic mass is 9.74. The maximum atomic E-state index is 11.9. The van der Waals surface area contributed by atoms with Gasteiger partial charge in [-0.25, -0.2) is 4.79 Å². The van der Waals surface area contributed by atoms with Gasteiger partial charge in [-0.05, 0) is 53.4 Å². The molecule has 0 spiro atoms. The number of carbonyl (C=O) groups excluding carboxylic acids is 1. The summed E-state index contributed by atoms with van der Waals surface area (Å²) < 4.78 is 5.32. The Bertz CT molecular complexity index is 349. The fourth-order valence-corrected chi connectivity index (χ4v) is 2.28. The summed E-state index contributed by atoms with van der Waals surface area (Å²) in [5, 5.41) is 9.22. The zero-order valence-corrected chi connectivity index (χ0v) is 12.5. The van der Waals surface area contributed by atoms with Gasteiger partial charge in [0.25, 0.3) is 0 Å². The summed E-state index contributed by atoms with van der Waals surface area (Å²) in [7, 11) is 0. The van der Waals surface area contributed by atoms with Crippen molar-refractivity contribution in [3.8, 4) is 0 Å². The molecule has 5 nitrogen and oxygen atoms in total. The third kappa shape index (κ3) is 4.11. The highest BCUT2D eigenvalue weighted by molar-refractivity contribution is 5.74. The lowest BCUT2D eigenvalue weighted by Gasteiger charge is -2.38. The van der Waals surface area contributed by atoms with E-state index in [1.807, 2.05) is 20.8 Å². The second-order valence-corrected chi connectivity index (χ2v) is 6.77. The van der Waals surface area contributed by atoms with Gasteiger partial charge in [-0.3, -0.25) is 4.79 Å². The standard InChI is InChI=1S/C14H25NO4/c1-13(2,3)19-12(18)15-8-6-10(7-9-15)14(4,5)11(16)17/h10H,6-9H2,1-5H3,(H,16,17). The Kier molecular flexibility index (Phi) is 4.48. The average Bonchev–Trinajstić information content (AvgIpc) is 2.26. The third-order valence-corrected chi connectivity index (χ3v) is 3.72. The predicted octanol–water partition coefficient (Wildman–Crippen LogP) is 2.74. The molecule has 1 rings (SSSR count). The van der Waals surface area contributed by atoms with Gasteiger partial charge in [0.1, 0.15) is 5.60 Å². The number of aliphatic carboxylic acids is 1. The van der Waals surface area contributed by atoms with Crippen LogP contribution < -0.4 is 0 Å². The summed E-state index contributed by atoms with van der Waals surface area (Å²) in [6.45, 7) is 10.2. The number of carboxylic acid groups (broad SMARTS) is 1. The molecule has 0 saturated carbocycles. The van der Waals surface area contributed by atoms with E-state index in [4.69, 9.17) is 4.74 Å². The predicted molar refractivity (Wildman–Crippen MR) is 71.9 cm³/mol. The Morgan fingerprint density at radius 2 is 1.58 bits per heavy atom. The number of carboxylic acids is 1. The Labute approximate surface area is 114 Å². The summed E-state index contributed by atoms with van der Waals surface area (Å²) in [4.78, 5) is 24.8. The molecular weight excluding hydrogens is 246 g/mol. The fourth-order valence-electron chi connectivity index (χ4n) is 2.28. The first-order chi connectivity index (χ1) is 8.54. The molecule has 0 aliphatic carbocycles. The van der Waals surface area contributed by atoms with Crippen LogP contribution in [0.5, 0.6) is 0 Å². The lowest BCUT2D eigenvalue weighted by molar-refractivity contribution is -0.151. The molecule has 19 heavy (non-hydrogen) atoms. The number of piperidine rings is 1. The highest BCUT2D eigenvalue weighted by Crippen LogP contribution is 2.35. The van der Waals surface area contributed by atoms with Crippen LogP contribution in [0.25, 0.3) is 0 Å². The van der Waals surface area contributed by atoms with Crippen LogP contribution in [0.4, 0.5) is 4.79 Å². The van der Waals surface area contributed by atoms with Crippen LogP contribution in [0.1, 0.15) is 47.5 Å². The summed E-state index contributed by atoms with van der Waals surface area (Å²) in [6, 6.07) is 0. The molecule has 0 bridgehead atoms. The average molecular weight is 271 g/mol. The molecule has 110 valence electrons. The van der Waals surface area contributed by atoms with E-state index in [9.17, 15) is 14.7 Å². The normalized spacial score (nSPS) is 18.3. The zero-order chi connectivity index (χ0) is 14.8. The van der Waals surface area contributed by atoms with Crippen molar-refractivity contribution in [2.24, 2.45) is 11.3 Å². The number of nitrogens with zero attached hydrogens (tertiary/aromatic N) is 1. The molecule has 0 aromatic carbocycles. The minimum Gasteiger partial charge on any atom is -0.481 e. The number of hydrogen-bond acceptors (Lipinski definition) is 3. The van der Waals surface area contributed by atoms with Crippen LogP contribution in [0, 0.1) is 11.3 Å². The molecule has 1 aliphatic rings. The number of ether oxygens (including phenoxy) is 1. The maximum absolute atomic E-state index is 11.9. The molecule has 1 heterocycles. The van der Waals surface area contributed by atoms with Crippen LogP contribution in [-0.4, -0.2) is 40.8 Å². The monoisotopic (exact) mass is 271 g/mol. The van der Waals surface area contributed by atoms with E-state index >= 15 is 0 Å². The minimum absolute atomic E-state index is 0.101. The smallest absolute Gasteiger partial charge is 0.410 e. The largest absolute Gasteiger partial charge is 0.481 e. The van der Waals surface area contributed by atoms with Crippen LogP contribution in [0.2, 0.25) is 0 Å². The van der Waals surface area contributed by atoms with Crippen molar-refractivity contribution < 1.29 is 19.4 Å². The lowest BCUT2D eigenvalue weighted by Crippen LogP contribution is -2.45. The molecule has 0 radical (unpaired) electrons. The second-order valence-electron chi connectivity index (χ2n) is 6.77. The van der Waals surface area contributed by atoms with Gasteiger partial charge in [-0.1, -0.05) is 0 Å². The van der Waals surface area contributed by atoms with Gasteiger partial charge < -0.3 is 14.7 Å². The quantitative estimate of drug-likeness (QED) is 0.838. The Morgan fingerprint density at radius 3 is 1.95 bits per heavy atom. The molecule has 0 aromatic rings. The third-order valence-electron chi connectivity index (χ3n) is 3.72. The van der Waals surface area contributed by atoms with Crippen molar-refractivity contribution in [3.63, 3.8) is 0 Å². The molecule has 1 N–H and O–H groups in total. The van der Waals surface area contributed by atoms with Crippen LogP contribution in [-0.2, 0) is 9.53 Å². The number of likely N-dealkylation sites (tertiary alicyclic amines) is 1. The van der Waals surface area contributed by atoms with Crippen molar-refractivity contribution in [1.82, 2.24) is 4.90 Å². The van der Waals surface area contributed by atoms with E-state index < -0.39 is 17.0 Å². The summed E-state index contributed by atoms with van der Waals surface area (Å²) in [5.41, 5.74) is -1.23. The van der Waals surface area contributed by atoms with E-state index in [1.165, 1.54) is 0 Å². The Balaban J connectivity index is 2.54. The van der Waals surface area contributed by atoms with Gasteiger partial charge in [-0.2, -0.15) is 0 Å². The first-order valence-electron chi connectivity index (χ1n) is 6.75. The Hall–Kier alpha value is -1.26. The fraction of sp³-hybridized carbons (Fsp3) is 0.857. The highest BCUT2D eigenvalue weighted by atomic mass is 16.6. The molecule has 5 heteroatoms. The molecule has 1 amide bonds. The molecule has 1 fully saturated rings. The van der Waals surface area contributed by atoms with Gasteiger partial charge in [0.15, 0.2) is 0 Å². The van der Waals surface area contributed by atoms with Crippen molar-refractivity contribution in [1.29, 1.82) is 0 Å². The first kappa shape index (κ1) is 15.8. The first-order valence-corrected chi connectivity index (χ1v) is 6.75. The van der Waals surface area contributed by atoms with Crippen molar-refractivity contribution in [2.45, 2.75) is 53.1 Å². The number of rotatable bonds is 2. The summed E-state index contributed by atoms with van der Waals surface area (Å²) in [5.74, 6) is -0.674. The van der Waals surface area contributed by atoms with Gasteiger partial charge in [0.05, 0.1) is 5.41 Å². The van der Waals surface area contributed by atoms with Gasteiger partial charge >= 0.3 is 12.1 Å². The van der Waals surface area contributed by atoms with Gasteiger partial charge in [-0.15, -0.1) is 0 Å². The number of carbonyl (C=O) groups is 2. The summed E-state index contributed by atoms with van der Waals surface area (Å²) >= 11 is 0. The molecule has 0 aromatic heterocycles. The van der Waals surface area contributed by atoms with E-state index in [-0.39, 0.29) is 12.0 Å². The number of hydrogen-bond donors (Lipinski definition) is 1. The van der Waals surface area contributed by atoms with Gasteiger partial charge in [0, 0.05) is 13.1 Å². The van der Waals surface area contributed by atoms with E-state index in [2.05, 4.69) is 0 Å². The van der Waals surface area contributed by atoms with Crippen LogP contribution >= 0.6 is 0 Å². The maximum Gasteiger partial charge on any atom is 0.410 e. The van der Waals surface area contributed by atoms with Crippen molar-refractivity contribution in [3.05, 3.63) is 0 Å². The second kappa shape index (κ2) is 5.39. The summed E-state index contributed by atoms with van der Waals surface area (Å²) in [6.07, 6.45) is 1.11. The van der Waals surface area contributed by atoms with Gasteiger partial charge in [0.2, 0.25) is 0 Å². The van der Waals surface area contributed by atoms with Crippen molar-refractivity contribution >= 4 is 12.1 Å². The SMILES string of the molecule is CC(C)(C)OC(=O)N1CCC(C(C)(C)C(=O)O)CC1. The van der Waals surface area contributed by atoms with E-state index in [0.29, 0.717) is 25.9 Å². The topological polar surface area (TPSA) is 66.8 Å². The highest BCUT2D eigenvalue weighted by Gasteiger charge is 2.39. The Morgan fingerprint density at radius 1 is 1.11 bits per heavy atom. The van der Waals surface area contributed by atoms with E-state index in [1.54, 1.807) is 18.7 Å². The van der Waals surface area contributed by atoms with E-state index in [0.717, 1.165) is 0 Å². The number of amides is 1. The van der Waals surface area contributed by atoms with Crippen LogP contribution in [0.15, 0.2) is 0 Å². The zero-order valence-electron chi connectivity index (χ0n) is 12.5. The van der Waals surface area contributed by atoms with Crippen molar-refractivity contribution in [2.75, 3.05) is 13.1 Å². The minimum atomic E-state index is -0.775. The van der Waals surface area contributed by atoms with Crippen LogP contribution in [0.3, 0.4) is 0 Å². The molecular formula is C14H25NO4. The molecule has 0 unspecified atom stereocenters. The molecule has 1 saturated heterocycles. The molecule has 1 aliphatic heterocycles.